The second-order valence-electron chi connectivity index (χ2n) is 7.86. The molecule has 1 fully saturated rings. The molecule has 1 aromatic carbocycles. The van der Waals surface area contributed by atoms with Crippen LogP contribution in [-0.4, -0.2) is 46.4 Å². The predicted molar refractivity (Wildman–Crippen MR) is 102 cm³/mol. The SMILES string of the molecule is NC(CCCCB(O)O)(C(=O)O)[C@H]1C[C@@H](NCc2ccc3c(c2)CCO3)C1. The molecule has 7 nitrogen and oxygen atoms in total. The zero-order valence-corrected chi connectivity index (χ0v) is 15.6. The van der Waals surface area contributed by atoms with Crippen LogP contribution in [0.25, 0.3) is 0 Å². The zero-order chi connectivity index (χ0) is 19.4. The highest BCUT2D eigenvalue weighted by Crippen LogP contribution is 2.38. The van der Waals surface area contributed by atoms with Crippen molar-refractivity contribution in [1.29, 1.82) is 0 Å². The Morgan fingerprint density at radius 2 is 2.11 bits per heavy atom. The van der Waals surface area contributed by atoms with Gasteiger partial charge < -0.3 is 30.9 Å². The van der Waals surface area contributed by atoms with Crippen molar-refractivity contribution in [2.75, 3.05) is 6.61 Å². The second kappa shape index (κ2) is 8.60. The Hall–Kier alpha value is -1.61. The zero-order valence-electron chi connectivity index (χ0n) is 15.6. The monoisotopic (exact) mass is 376 g/mol. The summed E-state index contributed by atoms with van der Waals surface area (Å²) in [6, 6.07) is 6.53. The molecule has 1 saturated carbocycles. The standard InChI is InChI=1S/C19H29BN2O5/c21-19(18(23)24,6-1-2-7-20(25)26)15-10-16(11-15)22-12-13-3-4-17-14(9-13)5-8-27-17/h3-4,9,15-16,22,25-26H,1-2,5-8,10-12,21H2,(H,23,24)/t15-,16+,19?. The number of carbonyl (C=O) groups is 1. The Labute approximate surface area is 160 Å². The summed E-state index contributed by atoms with van der Waals surface area (Å²) in [5.41, 5.74) is 7.46. The van der Waals surface area contributed by atoms with Crippen LogP contribution in [0.1, 0.15) is 43.2 Å². The van der Waals surface area contributed by atoms with E-state index in [0.29, 0.717) is 19.3 Å². The topological polar surface area (TPSA) is 125 Å². The van der Waals surface area contributed by atoms with E-state index in [1.54, 1.807) is 0 Å². The van der Waals surface area contributed by atoms with Gasteiger partial charge in [0.25, 0.3) is 0 Å². The molecule has 1 unspecified atom stereocenters. The number of rotatable bonds is 10. The van der Waals surface area contributed by atoms with Crippen molar-refractivity contribution in [3.8, 4) is 5.75 Å². The maximum atomic E-state index is 11.7. The van der Waals surface area contributed by atoms with Crippen molar-refractivity contribution in [2.45, 2.75) is 63.0 Å². The third-order valence-electron chi connectivity index (χ3n) is 5.92. The molecule has 3 rings (SSSR count). The van der Waals surface area contributed by atoms with E-state index in [1.165, 1.54) is 11.1 Å². The number of aliphatic carboxylic acids is 1. The molecule has 0 amide bonds. The molecule has 1 aliphatic carbocycles. The van der Waals surface area contributed by atoms with Crippen molar-refractivity contribution in [3.05, 3.63) is 29.3 Å². The van der Waals surface area contributed by atoms with E-state index in [0.717, 1.165) is 38.2 Å². The number of nitrogens with two attached hydrogens (primary N) is 1. The quantitative estimate of drug-likeness (QED) is 0.304. The fraction of sp³-hybridized carbons (Fsp3) is 0.632. The molecular formula is C19H29BN2O5. The summed E-state index contributed by atoms with van der Waals surface area (Å²) in [5, 5.41) is 30.9. The van der Waals surface area contributed by atoms with Gasteiger partial charge in [0, 0.05) is 19.0 Å². The molecule has 1 heterocycles. The summed E-state index contributed by atoms with van der Waals surface area (Å²) < 4.78 is 5.52. The normalized spacial score (nSPS) is 23.1. The van der Waals surface area contributed by atoms with Gasteiger partial charge in [-0.1, -0.05) is 25.0 Å². The van der Waals surface area contributed by atoms with Crippen molar-refractivity contribution < 1.29 is 24.7 Å². The minimum Gasteiger partial charge on any atom is -0.493 e. The van der Waals surface area contributed by atoms with Crippen LogP contribution in [0.3, 0.4) is 0 Å². The third-order valence-corrected chi connectivity index (χ3v) is 5.92. The minimum absolute atomic E-state index is 0.0556. The number of hydrogen-bond donors (Lipinski definition) is 5. The summed E-state index contributed by atoms with van der Waals surface area (Å²) >= 11 is 0. The lowest BCUT2D eigenvalue weighted by Crippen LogP contribution is -2.61. The first-order valence-electron chi connectivity index (χ1n) is 9.75. The fourth-order valence-corrected chi connectivity index (χ4v) is 4.05. The number of benzene rings is 1. The van der Waals surface area contributed by atoms with Gasteiger partial charge in [-0.05, 0) is 48.7 Å². The molecule has 0 spiro atoms. The highest BCUT2D eigenvalue weighted by molar-refractivity contribution is 6.40. The maximum absolute atomic E-state index is 11.7. The van der Waals surface area contributed by atoms with Crippen LogP contribution in [0, 0.1) is 5.92 Å². The Balaban J connectivity index is 1.44. The van der Waals surface area contributed by atoms with Gasteiger partial charge in [0.05, 0.1) is 6.61 Å². The molecule has 6 N–H and O–H groups in total. The summed E-state index contributed by atoms with van der Waals surface area (Å²) in [5.74, 6) is -0.0420. The molecular weight excluding hydrogens is 347 g/mol. The number of carboxylic acids is 1. The van der Waals surface area contributed by atoms with Crippen molar-refractivity contribution in [1.82, 2.24) is 5.32 Å². The van der Waals surface area contributed by atoms with Gasteiger partial charge in [-0.25, -0.2) is 0 Å². The van der Waals surface area contributed by atoms with E-state index in [9.17, 15) is 9.90 Å². The van der Waals surface area contributed by atoms with E-state index in [-0.39, 0.29) is 18.3 Å². The summed E-state index contributed by atoms with van der Waals surface area (Å²) in [6.45, 7) is 1.51. The van der Waals surface area contributed by atoms with E-state index >= 15 is 0 Å². The maximum Gasteiger partial charge on any atom is 0.451 e. The molecule has 8 heteroatoms. The molecule has 0 radical (unpaired) electrons. The van der Waals surface area contributed by atoms with Crippen molar-refractivity contribution in [2.24, 2.45) is 11.7 Å². The van der Waals surface area contributed by atoms with Crippen LogP contribution in [0.2, 0.25) is 6.32 Å². The van der Waals surface area contributed by atoms with Gasteiger partial charge in [-0.3, -0.25) is 4.79 Å². The van der Waals surface area contributed by atoms with E-state index < -0.39 is 18.6 Å². The van der Waals surface area contributed by atoms with Crippen LogP contribution in [-0.2, 0) is 17.8 Å². The van der Waals surface area contributed by atoms with E-state index in [2.05, 4.69) is 17.4 Å². The molecule has 1 atom stereocenters. The second-order valence-corrected chi connectivity index (χ2v) is 7.86. The molecule has 1 aliphatic heterocycles. The molecule has 0 aromatic heterocycles. The van der Waals surface area contributed by atoms with Crippen LogP contribution in [0.4, 0.5) is 0 Å². The molecule has 1 aromatic rings. The number of fused-ring (bicyclic) bond motifs is 1. The number of hydrogen-bond acceptors (Lipinski definition) is 6. The number of unbranched alkanes of at least 4 members (excludes halogenated alkanes) is 1. The lowest BCUT2D eigenvalue weighted by Gasteiger charge is -2.45. The lowest BCUT2D eigenvalue weighted by molar-refractivity contribution is -0.148. The molecule has 0 saturated heterocycles. The van der Waals surface area contributed by atoms with Gasteiger partial charge in [-0.15, -0.1) is 0 Å². The first kappa shape index (κ1) is 20.1. The molecule has 148 valence electrons. The number of ether oxygens (including phenoxy) is 1. The highest BCUT2D eigenvalue weighted by atomic mass is 16.5. The van der Waals surface area contributed by atoms with Crippen LogP contribution in [0.5, 0.6) is 5.75 Å². The number of nitrogens with one attached hydrogen (secondary N) is 1. The summed E-state index contributed by atoms with van der Waals surface area (Å²) in [6.07, 6.45) is 4.19. The smallest absolute Gasteiger partial charge is 0.451 e. The lowest BCUT2D eigenvalue weighted by atomic mass is 9.66. The van der Waals surface area contributed by atoms with Crippen molar-refractivity contribution >= 4 is 13.1 Å². The third kappa shape index (κ3) is 4.82. The highest BCUT2D eigenvalue weighted by Gasteiger charge is 2.48. The van der Waals surface area contributed by atoms with Gasteiger partial charge in [0.15, 0.2) is 0 Å². The average Bonchev–Trinajstić information content (AvgIpc) is 3.04. The van der Waals surface area contributed by atoms with Crippen molar-refractivity contribution in [3.63, 3.8) is 0 Å². The molecule has 2 aliphatic rings. The van der Waals surface area contributed by atoms with E-state index in [1.807, 2.05) is 6.07 Å². The largest absolute Gasteiger partial charge is 0.493 e. The Bertz CT molecular complexity index is 666. The average molecular weight is 376 g/mol. The Morgan fingerprint density at radius 1 is 1.33 bits per heavy atom. The Kier molecular flexibility index (Phi) is 6.42. The first-order valence-corrected chi connectivity index (χ1v) is 9.75. The predicted octanol–water partition coefficient (Wildman–Crippen LogP) is 0.915. The van der Waals surface area contributed by atoms with Crippen LogP contribution >= 0.6 is 0 Å². The summed E-state index contributed by atoms with van der Waals surface area (Å²) in [7, 11) is -1.34. The molecule has 27 heavy (non-hydrogen) atoms. The van der Waals surface area contributed by atoms with Gasteiger partial charge in [0.1, 0.15) is 11.3 Å². The van der Waals surface area contributed by atoms with Gasteiger partial charge in [-0.2, -0.15) is 0 Å². The van der Waals surface area contributed by atoms with Crippen LogP contribution < -0.4 is 15.8 Å². The van der Waals surface area contributed by atoms with Crippen LogP contribution in [0.15, 0.2) is 18.2 Å². The summed E-state index contributed by atoms with van der Waals surface area (Å²) in [4.78, 5) is 11.7. The molecule has 0 bridgehead atoms. The Morgan fingerprint density at radius 3 is 2.81 bits per heavy atom. The van der Waals surface area contributed by atoms with Gasteiger partial charge >= 0.3 is 13.1 Å². The fourth-order valence-electron chi connectivity index (χ4n) is 4.05. The van der Waals surface area contributed by atoms with E-state index in [4.69, 9.17) is 20.5 Å². The minimum atomic E-state index is -1.34. The number of carboxylic acid groups (broad SMARTS) is 1. The van der Waals surface area contributed by atoms with Gasteiger partial charge in [0.2, 0.25) is 0 Å². The first-order chi connectivity index (χ1) is 12.9.